The molecule has 0 radical (unpaired) electrons. The number of benzene rings is 1. The summed E-state index contributed by atoms with van der Waals surface area (Å²) in [6.45, 7) is 0. The van der Waals surface area contributed by atoms with E-state index in [0.29, 0.717) is 9.99 Å². The summed E-state index contributed by atoms with van der Waals surface area (Å²) in [6.07, 6.45) is 0. The Kier molecular flexibility index (Phi) is 2.34. The van der Waals surface area contributed by atoms with E-state index in [1.165, 1.54) is 0 Å². The van der Waals surface area contributed by atoms with Gasteiger partial charge in [-0.15, -0.1) is 0 Å². The first-order valence-corrected chi connectivity index (χ1v) is 5.68. The van der Waals surface area contributed by atoms with Crippen molar-refractivity contribution in [2.45, 2.75) is 0 Å². The van der Waals surface area contributed by atoms with Gasteiger partial charge in [0.2, 0.25) is 0 Å². The number of hydrogen-bond acceptors (Lipinski definition) is 4. The Morgan fingerprint density at radius 2 is 2.14 bits per heavy atom. The Balaban J connectivity index is 2.93. The van der Waals surface area contributed by atoms with Gasteiger partial charge >= 0.3 is 91.4 Å². The van der Waals surface area contributed by atoms with Crippen LogP contribution in [0.1, 0.15) is 0 Å². The van der Waals surface area contributed by atoms with Crippen molar-refractivity contribution in [3.8, 4) is 0 Å². The van der Waals surface area contributed by atoms with Crippen LogP contribution in [0.4, 0.5) is 10.1 Å². The zero-order valence-corrected chi connectivity index (χ0v) is 9.70. The number of nitrogens with zero attached hydrogens (tertiary/aromatic N) is 3. The van der Waals surface area contributed by atoms with Gasteiger partial charge in [0.15, 0.2) is 0 Å². The molecule has 8 heteroatoms. The molecule has 0 amide bonds. The molecule has 0 atom stereocenters. The fourth-order valence-corrected chi connectivity index (χ4v) is 2.96. The van der Waals surface area contributed by atoms with Crippen LogP contribution in [0.5, 0.6) is 0 Å². The molecule has 72 valence electrons. The predicted octanol–water partition coefficient (Wildman–Crippen LogP) is 1.50. The standard InChI is InChI=1S/C6HBrFN3O2Se/c7-2-1-3(8)6(11(12)13)5-4(2)9-14-10-5/h1H. The van der Waals surface area contributed by atoms with Gasteiger partial charge in [-0.1, -0.05) is 0 Å². The van der Waals surface area contributed by atoms with Crippen LogP contribution >= 0.6 is 15.9 Å². The number of hydrogen-bond donors (Lipinski definition) is 0. The number of nitro groups is 1. The van der Waals surface area contributed by atoms with E-state index in [2.05, 4.69) is 23.9 Å². The van der Waals surface area contributed by atoms with E-state index in [1.807, 2.05) is 0 Å². The predicted molar refractivity (Wildman–Crippen MR) is 50.8 cm³/mol. The molecule has 0 unspecified atom stereocenters. The molecule has 0 aliphatic rings. The van der Waals surface area contributed by atoms with Crippen LogP contribution in [0.2, 0.25) is 0 Å². The van der Waals surface area contributed by atoms with Gasteiger partial charge in [-0.05, 0) is 0 Å². The Bertz CT molecular complexity index is 529. The first kappa shape index (κ1) is 9.69. The zero-order valence-electron chi connectivity index (χ0n) is 6.40. The summed E-state index contributed by atoms with van der Waals surface area (Å²) in [5.41, 5.74) is -0.175. The molecule has 1 heterocycles. The normalized spacial score (nSPS) is 10.7. The van der Waals surface area contributed by atoms with Crippen LogP contribution in [0, 0.1) is 15.9 Å². The average Bonchev–Trinajstić information content (AvgIpc) is 2.51. The third kappa shape index (κ3) is 1.35. The van der Waals surface area contributed by atoms with Crippen molar-refractivity contribution in [2.24, 2.45) is 0 Å². The summed E-state index contributed by atoms with van der Waals surface area (Å²) in [7, 11) is 0. The van der Waals surface area contributed by atoms with E-state index in [4.69, 9.17) is 0 Å². The number of nitro benzene ring substituents is 1. The average molecular weight is 325 g/mol. The molecule has 0 bridgehead atoms. The Morgan fingerprint density at radius 1 is 1.50 bits per heavy atom. The topological polar surface area (TPSA) is 68.9 Å². The second-order valence-electron chi connectivity index (χ2n) is 2.41. The van der Waals surface area contributed by atoms with Crippen LogP contribution in [0.15, 0.2) is 10.5 Å². The second kappa shape index (κ2) is 3.38. The number of fused-ring (bicyclic) bond motifs is 1. The zero-order chi connectivity index (χ0) is 10.3. The van der Waals surface area contributed by atoms with Gasteiger partial charge in [0.1, 0.15) is 0 Å². The van der Waals surface area contributed by atoms with Crippen LogP contribution < -0.4 is 0 Å². The SMILES string of the molecule is O=[N+]([O-])c1c(F)cc(Br)c2n[se]nc12. The summed E-state index contributed by atoms with van der Waals surface area (Å²) in [5, 5.41) is 10.5. The molecule has 0 N–H and O–H groups in total. The summed E-state index contributed by atoms with van der Waals surface area (Å²) < 4.78 is 21.4. The molecule has 2 aromatic rings. The van der Waals surface area contributed by atoms with Gasteiger partial charge in [-0.2, -0.15) is 0 Å². The fraction of sp³-hybridized carbons (Fsp3) is 0. The third-order valence-electron chi connectivity index (χ3n) is 1.60. The Morgan fingerprint density at radius 3 is 2.79 bits per heavy atom. The molecule has 14 heavy (non-hydrogen) atoms. The van der Waals surface area contributed by atoms with Crippen LogP contribution in [-0.2, 0) is 0 Å². The van der Waals surface area contributed by atoms with Crippen molar-refractivity contribution >= 4 is 47.6 Å². The molecule has 0 spiro atoms. The van der Waals surface area contributed by atoms with Crippen molar-refractivity contribution in [2.75, 3.05) is 0 Å². The van der Waals surface area contributed by atoms with Gasteiger partial charge in [0.05, 0.1) is 0 Å². The molecule has 0 aliphatic carbocycles. The van der Waals surface area contributed by atoms with E-state index in [1.54, 1.807) is 0 Å². The van der Waals surface area contributed by atoms with Crippen LogP contribution in [-0.4, -0.2) is 27.8 Å². The van der Waals surface area contributed by atoms with E-state index in [0.717, 1.165) is 6.07 Å². The molecular weight excluding hydrogens is 324 g/mol. The maximum absolute atomic E-state index is 13.2. The second-order valence-corrected chi connectivity index (χ2v) is 4.37. The van der Waals surface area contributed by atoms with Crippen LogP contribution in [0.25, 0.3) is 11.0 Å². The number of rotatable bonds is 1. The molecule has 2 rings (SSSR count). The Hall–Kier alpha value is -0.851. The van der Waals surface area contributed by atoms with E-state index >= 15 is 0 Å². The first-order valence-electron chi connectivity index (χ1n) is 3.36. The molecule has 0 aliphatic heterocycles. The summed E-state index contributed by atoms with van der Waals surface area (Å²) in [6, 6.07) is 1.04. The van der Waals surface area contributed by atoms with Gasteiger partial charge in [-0.25, -0.2) is 0 Å². The molecule has 0 fully saturated rings. The third-order valence-corrected chi connectivity index (χ3v) is 3.31. The van der Waals surface area contributed by atoms with E-state index in [9.17, 15) is 14.5 Å². The van der Waals surface area contributed by atoms with Gasteiger partial charge in [-0.3, -0.25) is 0 Å². The molecule has 0 saturated heterocycles. The molecular formula is C6HBrFN3O2Se. The summed E-state index contributed by atoms with van der Waals surface area (Å²) in [4.78, 5) is 9.77. The first-order chi connectivity index (χ1) is 6.61. The van der Waals surface area contributed by atoms with Gasteiger partial charge in [0, 0.05) is 0 Å². The van der Waals surface area contributed by atoms with Crippen molar-refractivity contribution in [1.82, 2.24) is 7.96 Å². The van der Waals surface area contributed by atoms with Crippen LogP contribution in [0.3, 0.4) is 0 Å². The van der Waals surface area contributed by atoms with Gasteiger partial charge < -0.3 is 0 Å². The minimum absolute atomic E-state index is 0.0434. The minimum atomic E-state index is -0.891. The van der Waals surface area contributed by atoms with Crippen molar-refractivity contribution < 1.29 is 9.31 Å². The van der Waals surface area contributed by atoms with E-state index in [-0.39, 0.29) is 5.52 Å². The van der Waals surface area contributed by atoms with Crippen molar-refractivity contribution in [1.29, 1.82) is 0 Å². The molecule has 1 aromatic carbocycles. The van der Waals surface area contributed by atoms with Gasteiger partial charge in [0.25, 0.3) is 0 Å². The quantitative estimate of drug-likeness (QED) is 0.453. The molecule has 1 aromatic heterocycles. The Labute approximate surface area is 91.4 Å². The molecule has 5 nitrogen and oxygen atoms in total. The van der Waals surface area contributed by atoms with Crippen molar-refractivity contribution in [3.05, 3.63) is 26.5 Å². The van der Waals surface area contributed by atoms with E-state index < -0.39 is 31.4 Å². The molecule has 0 saturated carbocycles. The maximum atomic E-state index is 13.2. The number of aromatic nitrogens is 2. The fourth-order valence-electron chi connectivity index (χ4n) is 1.04. The summed E-state index contributed by atoms with van der Waals surface area (Å²) in [5.74, 6) is -0.891. The summed E-state index contributed by atoms with van der Waals surface area (Å²) >= 11 is 2.66. The number of halogens is 2. The van der Waals surface area contributed by atoms with Crippen molar-refractivity contribution in [3.63, 3.8) is 0 Å². The monoisotopic (exact) mass is 325 g/mol.